The Balaban J connectivity index is 1.22. The third kappa shape index (κ3) is 3.04. The minimum atomic E-state index is -0.598. The Morgan fingerprint density at radius 1 is 1.24 bits per heavy atom. The lowest BCUT2D eigenvalue weighted by Crippen LogP contribution is -2.69. The van der Waals surface area contributed by atoms with Gasteiger partial charge < -0.3 is 19.5 Å². The van der Waals surface area contributed by atoms with Crippen LogP contribution in [-0.4, -0.2) is 40.0 Å². The van der Waals surface area contributed by atoms with Crippen LogP contribution in [0.15, 0.2) is 48.7 Å². The minimum absolute atomic E-state index is 0.0694. The van der Waals surface area contributed by atoms with Crippen molar-refractivity contribution in [1.82, 2.24) is 14.8 Å². The molecule has 0 radical (unpaired) electrons. The first-order valence-electron chi connectivity index (χ1n) is 9.52. The number of carbonyl (C=O) groups is 2. The van der Waals surface area contributed by atoms with Gasteiger partial charge in [-0.25, -0.2) is 4.79 Å². The fourth-order valence-corrected chi connectivity index (χ4v) is 4.50. The van der Waals surface area contributed by atoms with Crippen LogP contribution in [0.2, 0.25) is 5.02 Å². The van der Waals surface area contributed by atoms with Crippen molar-refractivity contribution in [2.24, 2.45) is 7.05 Å². The number of aryl methyl sites for hydroxylation is 1. The van der Waals surface area contributed by atoms with Crippen LogP contribution in [0.3, 0.4) is 0 Å². The topological polar surface area (TPSA) is 63.6 Å². The van der Waals surface area contributed by atoms with E-state index >= 15 is 0 Å². The van der Waals surface area contributed by atoms with Crippen molar-refractivity contribution in [3.8, 4) is 5.75 Å². The molecule has 0 saturated carbocycles. The molecule has 5 rings (SSSR count). The summed E-state index contributed by atoms with van der Waals surface area (Å²) in [7, 11) is 1.95. The molecule has 3 aromatic rings. The number of fused-ring (bicyclic) bond motifs is 2. The molecule has 0 atom stereocenters. The van der Waals surface area contributed by atoms with Gasteiger partial charge in [0.15, 0.2) is 11.4 Å². The molecule has 6 nitrogen and oxygen atoms in total. The van der Waals surface area contributed by atoms with Crippen LogP contribution in [0, 0.1) is 0 Å². The molecule has 7 heteroatoms. The van der Waals surface area contributed by atoms with Gasteiger partial charge in [-0.05, 0) is 29.8 Å². The van der Waals surface area contributed by atoms with E-state index in [1.54, 1.807) is 11.0 Å². The van der Waals surface area contributed by atoms with Crippen LogP contribution in [0.25, 0.3) is 10.9 Å². The molecular weight excluding hydrogens is 390 g/mol. The molecule has 1 aromatic heterocycles. The first kappa shape index (κ1) is 18.1. The number of ketones is 1. The first-order chi connectivity index (χ1) is 13.9. The molecule has 0 unspecified atom stereocenters. The largest absolute Gasteiger partial charge is 0.482 e. The van der Waals surface area contributed by atoms with Crippen LogP contribution in [0.5, 0.6) is 5.75 Å². The van der Waals surface area contributed by atoms with Gasteiger partial charge in [0.05, 0.1) is 30.1 Å². The quantitative estimate of drug-likeness (QED) is 0.701. The van der Waals surface area contributed by atoms with Gasteiger partial charge in [0.1, 0.15) is 5.75 Å². The van der Waals surface area contributed by atoms with E-state index in [2.05, 4.69) is 5.32 Å². The zero-order chi connectivity index (χ0) is 20.2. The predicted molar refractivity (Wildman–Crippen MR) is 110 cm³/mol. The van der Waals surface area contributed by atoms with Crippen molar-refractivity contribution in [1.29, 1.82) is 0 Å². The number of hydrogen-bond donors (Lipinski definition) is 1. The second-order valence-corrected chi connectivity index (χ2v) is 8.24. The second kappa shape index (κ2) is 6.52. The number of rotatable bonds is 2. The molecule has 0 aliphatic carbocycles. The molecule has 1 N–H and O–H groups in total. The predicted octanol–water partition coefficient (Wildman–Crippen LogP) is 3.76. The molecule has 0 bridgehead atoms. The molecule has 1 spiro atoms. The standard InChI is InChI=1S/C22H20ClN3O3/c1-25-11-17(23)16-8-14(6-7-18(16)25)10-24-21(28)26-12-22(13-26)9-19(27)15-4-2-3-5-20(15)29-22/h2-8,11H,9-10,12-13H2,1H3,(H,24,28). The molecule has 2 amide bonds. The zero-order valence-corrected chi connectivity index (χ0v) is 16.7. The number of amides is 2. The van der Waals surface area contributed by atoms with Gasteiger partial charge in [0, 0.05) is 30.7 Å². The van der Waals surface area contributed by atoms with E-state index in [0.29, 0.717) is 42.4 Å². The molecule has 1 fully saturated rings. The fourth-order valence-electron chi connectivity index (χ4n) is 4.20. The van der Waals surface area contributed by atoms with E-state index in [1.807, 2.05) is 54.2 Å². The van der Waals surface area contributed by atoms with Gasteiger partial charge in [-0.1, -0.05) is 29.8 Å². The lowest BCUT2D eigenvalue weighted by molar-refractivity contribution is -0.0596. The molecule has 29 heavy (non-hydrogen) atoms. The van der Waals surface area contributed by atoms with Gasteiger partial charge in [0.2, 0.25) is 0 Å². The van der Waals surface area contributed by atoms with Crippen molar-refractivity contribution >= 4 is 34.3 Å². The van der Waals surface area contributed by atoms with Crippen LogP contribution >= 0.6 is 11.6 Å². The summed E-state index contributed by atoms with van der Waals surface area (Å²) in [6, 6.07) is 13.1. The van der Waals surface area contributed by atoms with Gasteiger partial charge >= 0.3 is 6.03 Å². The fraction of sp³-hybridized carbons (Fsp3) is 0.273. The average molecular weight is 410 g/mol. The number of ether oxygens (including phenoxy) is 1. The summed E-state index contributed by atoms with van der Waals surface area (Å²) in [5.74, 6) is 0.678. The highest BCUT2D eigenvalue weighted by Gasteiger charge is 2.51. The Morgan fingerprint density at radius 2 is 2.03 bits per heavy atom. The molecular formula is C22H20ClN3O3. The molecule has 2 aliphatic rings. The van der Waals surface area contributed by atoms with Crippen LogP contribution in [0.4, 0.5) is 4.79 Å². The number of benzene rings is 2. The number of carbonyl (C=O) groups excluding carboxylic acids is 2. The van der Waals surface area contributed by atoms with E-state index in [0.717, 1.165) is 16.5 Å². The third-order valence-electron chi connectivity index (χ3n) is 5.69. The maximum absolute atomic E-state index is 12.5. The molecule has 2 aliphatic heterocycles. The van der Waals surface area contributed by atoms with E-state index < -0.39 is 5.60 Å². The highest BCUT2D eigenvalue weighted by atomic mass is 35.5. The number of hydrogen-bond acceptors (Lipinski definition) is 3. The highest BCUT2D eigenvalue weighted by Crippen LogP contribution is 2.38. The van der Waals surface area contributed by atoms with Crippen LogP contribution < -0.4 is 10.1 Å². The number of Topliss-reactive ketones (excluding diaryl/α,β-unsaturated/α-hetero) is 1. The number of nitrogens with zero attached hydrogens (tertiary/aromatic N) is 2. The Bertz CT molecular complexity index is 1150. The molecule has 2 aromatic carbocycles. The smallest absolute Gasteiger partial charge is 0.317 e. The molecule has 3 heterocycles. The van der Waals surface area contributed by atoms with Crippen LogP contribution in [0.1, 0.15) is 22.3 Å². The Morgan fingerprint density at radius 3 is 2.86 bits per heavy atom. The van der Waals surface area contributed by atoms with Gasteiger partial charge in [0.25, 0.3) is 0 Å². The van der Waals surface area contributed by atoms with Gasteiger partial charge in [-0.15, -0.1) is 0 Å². The SMILES string of the molecule is Cn1cc(Cl)c2cc(CNC(=O)N3CC4(CC(=O)c5ccccc5O4)C3)ccc21. The summed E-state index contributed by atoms with van der Waals surface area (Å²) in [4.78, 5) is 26.6. The molecule has 1 saturated heterocycles. The van der Waals surface area contributed by atoms with E-state index in [4.69, 9.17) is 16.3 Å². The van der Waals surface area contributed by atoms with Gasteiger partial charge in [-0.2, -0.15) is 0 Å². The lowest BCUT2D eigenvalue weighted by Gasteiger charge is -2.50. The van der Waals surface area contributed by atoms with E-state index in [1.165, 1.54) is 0 Å². The average Bonchev–Trinajstić information content (AvgIpc) is 2.97. The Hall–Kier alpha value is -2.99. The van der Waals surface area contributed by atoms with Crippen molar-refractivity contribution in [2.45, 2.75) is 18.6 Å². The maximum atomic E-state index is 12.5. The van der Waals surface area contributed by atoms with Gasteiger partial charge in [-0.3, -0.25) is 4.79 Å². The van der Waals surface area contributed by atoms with Crippen LogP contribution in [-0.2, 0) is 13.6 Å². The lowest BCUT2D eigenvalue weighted by atomic mass is 9.84. The number of likely N-dealkylation sites (tertiary alicyclic amines) is 1. The number of para-hydroxylation sites is 1. The van der Waals surface area contributed by atoms with Crippen molar-refractivity contribution < 1.29 is 14.3 Å². The number of aromatic nitrogens is 1. The Labute approximate surface area is 173 Å². The van der Waals surface area contributed by atoms with Crippen molar-refractivity contribution in [2.75, 3.05) is 13.1 Å². The monoisotopic (exact) mass is 409 g/mol. The minimum Gasteiger partial charge on any atom is -0.482 e. The number of nitrogens with one attached hydrogen (secondary N) is 1. The normalized spacial score (nSPS) is 17.0. The summed E-state index contributed by atoms with van der Waals surface area (Å²) >= 11 is 6.27. The summed E-state index contributed by atoms with van der Waals surface area (Å²) in [5.41, 5.74) is 2.05. The summed E-state index contributed by atoms with van der Waals surface area (Å²) in [6.45, 7) is 1.22. The highest BCUT2D eigenvalue weighted by molar-refractivity contribution is 6.35. The maximum Gasteiger partial charge on any atom is 0.317 e. The summed E-state index contributed by atoms with van der Waals surface area (Å²) < 4.78 is 8.05. The van der Waals surface area contributed by atoms with Crippen molar-refractivity contribution in [3.05, 3.63) is 64.8 Å². The molecule has 148 valence electrons. The van der Waals surface area contributed by atoms with Crippen molar-refractivity contribution in [3.63, 3.8) is 0 Å². The second-order valence-electron chi connectivity index (χ2n) is 7.84. The summed E-state index contributed by atoms with van der Waals surface area (Å²) in [5, 5.41) is 4.60. The number of halogens is 1. The Kier molecular flexibility index (Phi) is 4.06. The van der Waals surface area contributed by atoms with E-state index in [-0.39, 0.29) is 11.8 Å². The van der Waals surface area contributed by atoms with E-state index in [9.17, 15) is 9.59 Å². The first-order valence-corrected chi connectivity index (χ1v) is 9.89. The summed E-state index contributed by atoms with van der Waals surface area (Å²) in [6.07, 6.45) is 2.18. The number of urea groups is 1. The zero-order valence-electron chi connectivity index (χ0n) is 15.9. The third-order valence-corrected chi connectivity index (χ3v) is 5.99.